The van der Waals surface area contributed by atoms with Gasteiger partial charge >= 0.3 is 0 Å². The maximum absolute atomic E-state index is 12.4. The molecule has 0 unspecified atom stereocenters. The number of aliphatic hydroxyl groups excluding tert-OH is 1. The summed E-state index contributed by atoms with van der Waals surface area (Å²) in [5.41, 5.74) is 2.75. The third-order valence-corrected chi connectivity index (χ3v) is 5.78. The van der Waals surface area contributed by atoms with Gasteiger partial charge in [0.15, 0.2) is 0 Å². The van der Waals surface area contributed by atoms with Crippen molar-refractivity contribution in [2.24, 2.45) is 0 Å². The van der Waals surface area contributed by atoms with Crippen LogP contribution in [0.25, 0.3) is 0 Å². The van der Waals surface area contributed by atoms with Crippen LogP contribution in [0.5, 0.6) is 0 Å². The highest BCUT2D eigenvalue weighted by Gasteiger charge is 2.30. The van der Waals surface area contributed by atoms with E-state index >= 15 is 0 Å². The highest BCUT2D eigenvalue weighted by Crippen LogP contribution is 2.27. The first-order chi connectivity index (χ1) is 14.0. The molecule has 0 spiro atoms. The van der Waals surface area contributed by atoms with Gasteiger partial charge in [-0.1, -0.05) is 35.9 Å². The lowest BCUT2D eigenvalue weighted by Crippen LogP contribution is -2.35. The van der Waals surface area contributed by atoms with Gasteiger partial charge in [-0.3, -0.25) is 4.79 Å². The molecule has 0 bridgehead atoms. The van der Waals surface area contributed by atoms with E-state index in [1.807, 2.05) is 48.5 Å². The number of ether oxygens (including phenoxy) is 1. The topological polar surface area (TPSA) is 61.8 Å². The summed E-state index contributed by atoms with van der Waals surface area (Å²) in [4.78, 5) is 14.1. The Morgan fingerprint density at radius 3 is 2.55 bits per heavy atom. The molecule has 1 aliphatic heterocycles. The van der Waals surface area contributed by atoms with Crippen LogP contribution in [-0.4, -0.2) is 55.3 Å². The summed E-state index contributed by atoms with van der Waals surface area (Å²) >= 11 is 5.93. The molecule has 0 radical (unpaired) electrons. The Morgan fingerprint density at radius 2 is 1.90 bits per heavy atom. The van der Waals surface area contributed by atoms with E-state index in [1.165, 1.54) is 5.56 Å². The van der Waals surface area contributed by atoms with Crippen LogP contribution in [0.4, 0.5) is 0 Å². The first-order valence-electron chi connectivity index (χ1n) is 10.0. The Hall–Kier alpha value is -1.92. The molecule has 1 fully saturated rings. The van der Waals surface area contributed by atoms with E-state index < -0.39 is 6.10 Å². The van der Waals surface area contributed by atoms with Gasteiger partial charge in [-0.2, -0.15) is 0 Å². The van der Waals surface area contributed by atoms with Crippen molar-refractivity contribution in [3.8, 4) is 0 Å². The summed E-state index contributed by atoms with van der Waals surface area (Å²) in [6.07, 6.45) is 2.27. The number of methoxy groups -OCH3 is 1. The minimum atomic E-state index is -0.542. The second-order valence-corrected chi connectivity index (χ2v) is 8.10. The number of hydrogen-bond donors (Lipinski definition) is 2. The largest absolute Gasteiger partial charge is 0.387 e. The number of rotatable bonds is 8. The van der Waals surface area contributed by atoms with E-state index in [2.05, 4.69) is 5.32 Å². The zero-order chi connectivity index (χ0) is 20.8. The molecule has 2 aromatic rings. The molecule has 0 saturated carbocycles. The lowest BCUT2D eigenvalue weighted by atomic mass is 10.0. The highest BCUT2D eigenvalue weighted by atomic mass is 35.5. The van der Waals surface area contributed by atoms with Gasteiger partial charge < -0.3 is 20.1 Å². The monoisotopic (exact) mass is 416 g/mol. The number of carbonyl (C=O) groups is 1. The average Bonchev–Trinajstić information content (AvgIpc) is 3.20. The average molecular weight is 417 g/mol. The van der Waals surface area contributed by atoms with Gasteiger partial charge in [0.05, 0.1) is 12.7 Å². The molecule has 1 heterocycles. The zero-order valence-corrected chi connectivity index (χ0v) is 17.7. The Balaban J connectivity index is 1.53. The van der Waals surface area contributed by atoms with E-state index in [-0.39, 0.29) is 11.9 Å². The molecule has 2 aromatic carbocycles. The second-order valence-electron chi connectivity index (χ2n) is 7.66. The van der Waals surface area contributed by atoms with Gasteiger partial charge in [0, 0.05) is 43.4 Å². The highest BCUT2D eigenvalue weighted by molar-refractivity contribution is 6.30. The quantitative estimate of drug-likeness (QED) is 0.691. The maximum Gasteiger partial charge on any atom is 0.253 e. The van der Waals surface area contributed by atoms with Crippen molar-refractivity contribution >= 4 is 17.5 Å². The smallest absolute Gasteiger partial charge is 0.253 e. The standard InChI is InChI=1S/C23H29ClN2O3/c1-26(13-14-29-2)23(28)18-5-3-16(4-6-18)15-20-11-12-21(25-20)22(27)17-7-9-19(24)10-8-17/h3-10,20-22,25,27H,11-15H2,1-2H3/t20-,21+,22+/m0/s1. The number of benzene rings is 2. The van der Waals surface area contributed by atoms with Crippen molar-refractivity contribution in [1.29, 1.82) is 0 Å². The summed E-state index contributed by atoms with van der Waals surface area (Å²) in [7, 11) is 3.41. The van der Waals surface area contributed by atoms with Crippen LogP contribution in [0.15, 0.2) is 48.5 Å². The van der Waals surface area contributed by atoms with Crippen LogP contribution >= 0.6 is 11.6 Å². The Morgan fingerprint density at radius 1 is 1.21 bits per heavy atom. The van der Waals surface area contributed by atoms with Gasteiger partial charge in [-0.15, -0.1) is 0 Å². The third-order valence-electron chi connectivity index (χ3n) is 5.53. The van der Waals surface area contributed by atoms with Crippen molar-refractivity contribution in [2.45, 2.75) is 37.5 Å². The Labute approximate surface area is 177 Å². The number of hydrogen-bond acceptors (Lipinski definition) is 4. The van der Waals surface area contributed by atoms with E-state index in [0.29, 0.717) is 29.8 Å². The van der Waals surface area contributed by atoms with E-state index in [1.54, 1.807) is 19.1 Å². The normalized spacial score (nSPS) is 19.9. The van der Waals surface area contributed by atoms with Crippen molar-refractivity contribution < 1.29 is 14.6 Å². The van der Waals surface area contributed by atoms with Crippen LogP contribution in [0, 0.1) is 0 Å². The summed E-state index contributed by atoms with van der Waals surface area (Å²) in [6, 6.07) is 15.5. The SMILES string of the molecule is COCCN(C)C(=O)c1ccc(C[C@@H]2CC[C@H]([C@H](O)c3ccc(Cl)cc3)N2)cc1. The molecule has 1 amide bonds. The van der Waals surface area contributed by atoms with Crippen LogP contribution in [0.2, 0.25) is 5.02 Å². The molecule has 0 aromatic heterocycles. The predicted octanol–water partition coefficient (Wildman–Crippen LogP) is 3.46. The summed E-state index contributed by atoms with van der Waals surface area (Å²) in [5, 5.41) is 14.9. The fourth-order valence-corrected chi connectivity index (χ4v) is 3.90. The fraction of sp³-hybridized carbons (Fsp3) is 0.435. The summed E-state index contributed by atoms with van der Waals surface area (Å²) < 4.78 is 5.03. The van der Waals surface area contributed by atoms with E-state index in [9.17, 15) is 9.90 Å². The number of halogens is 1. The number of aliphatic hydroxyl groups is 1. The minimum Gasteiger partial charge on any atom is -0.387 e. The molecule has 1 saturated heterocycles. The molecule has 0 aliphatic carbocycles. The van der Waals surface area contributed by atoms with Gasteiger partial charge in [0.1, 0.15) is 0 Å². The lowest BCUT2D eigenvalue weighted by molar-refractivity contribution is 0.0744. The summed E-state index contributed by atoms with van der Waals surface area (Å²) in [5.74, 6) is -0.00116. The molecule has 5 nitrogen and oxygen atoms in total. The Bertz CT molecular complexity index is 795. The Kier molecular flexibility index (Phi) is 7.67. The molecule has 156 valence electrons. The molecule has 3 rings (SSSR count). The van der Waals surface area contributed by atoms with Gasteiger partial charge in [0.25, 0.3) is 5.91 Å². The van der Waals surface area contributed by atoms with Crippen molar-refractivity contribution in [3.05, 3.63) is 70.2 Å². The molecule has 29 heavy (non-hydrogen) atoms. The molecule has 1 aliphatic rings. The van der Waals surface area contributed by atoms with Crippen molar-refractivity contribution in [3.63, 3.8) is 0 Å². The van der Waals surface area contributed by atoms with Gasteiger partial charge in [-0.25, -0.2) is 0 Å². The van der Waals surface area contributed by atoms with Crippen LogP contribution in [-0.2, 0) is 11.2 Å². The van der Waals surface area contributed by atoms with Gasteiger partial charge in [-0.05, 0) is 54.7 Å². The second kappa shape index (κ2) is 10.2. The zero-order valence-electron chi connectivity index (χ0n) is 17.0. The molecule has 6 heteroatoms. The van der Waals surface area contributed by atoms with Gasteiger partial charge in [0.2, 0.25) is 0 Å². The number of nitrogens with zero attached hydrogens (tertiary/aromatic N) is 1. The van der Waals surface area contributed by atoms with Crippen LogP contribution in [0.3, 0.4) is 0 Å². The fourth-order valence-electron chi connectivity index (χ4n) is 3.77. The number of nitrogens with one attached hydrogen (secondary N) is 1. The van der Waals surface area contributed by atoms with Crippen molar-refractivity contribution in [1.82, 2.24) is 10.2 Å². The first kappa shape index (κ1) is 21.8. The number of likely N-dealkylation sites (N-methyl/N-ethyl adjacent to an activating group) is 1. The van der Waals surface area contributed by atoms with Crippen LogP contribution in [0.1, 0.15) is 40.4 Å². The van der Waals surface area contributed by atoms with E-state index in [0.717, 1.165) is 24.8 Å². The van der Waals surface area contributed by atoms with Crippen LogP contribution < -0.4 is 5.32 Å². The number of carbonyl (C=O) groups excluding carboxylic acids is 1. The number of amides is 1. The predicted molar refractivity (Wildman–Crippen MR) is 115 cm³/mol. The lowest BCUT2D eigenvalue weighted by Gasteiger charge is -2.21. The molecular formula is C23H29ClN2O3. The minimum absolute atomic E-state index is 0.00116. The third kappa shape index (κ3) is 5.80. The summed E-state index contributed by atoms with van der Waals surface area (Å²) in [6.45, 7) is 1.09. The maximum atomic E-state index is 12.4. The van der Waals surface area contributed by atoms with Crippen molar-refractivity contribution in [2.75, 3.05) is 27.3 Å². The van der Waals surface area contributed by atoms with E-state index in [4.69, 9.17) is 16.3 Å². The molecular weight excluding hydrogens is 388 g/mol. The molecule has 2 N–H and O–H groups in total. The molecule has 3 atom stereocenters. The first-order valence-corrected chi connectivity index (χ1v) is 10.4.